The summed E-state index contributed by atoms with van der Waals surface area (Å²) in [7, 11) is 0. The van der Waals surface area contributed by atoms with E-state index >= 15 is 0 Å². The number of halogens is 1. The molecule has 1 aliphatic rings. The van der Waals surface area contributed by atoms with Gasteiger partial charge in [0, 0.05) is 11.3 Å². The van der Waals surface area contributed by atoms with Crippen molar-refractivity contribution in [3.8, 4) is 0 Å². The standard InChI is InChI=1S/C9H13ClN2/c1-2-3-7-9-6(10)4-5-8(9)12-11-7/h6H,2-5H2,1H3,(H,11,12). The zero-order valence-electron chi connectivity index (χ0n) is 7.23. The second kappa shape index (κ2) is 3.09. The maximum absolute atomic E-state index is 6.16. The number of fused-ring (bicyclic) bond motifs is 1. The monoisotopic (exact) mass is 184 g/mol. The third kappa shape index (κ3) is 1.14. The van der Waals surface area contributed by atoms with Crippen LogP contribution in [0.25, 0.3) is 0 Å². The first-order valence-electron chi connectivity index (χ1n) is 4.53. The second-order valence-corrected chi connectivity index (χ2v) is 3.85. The van der Waals surface area contributed by atoms with Gasteiger partial charge in [-0.1, -0.05) is 13.3 Å². The van der Waals surface area contributed by atoms with Crippen molar-refractivity contribution in [3.63, 3.8) is 0 Å². The van der Waals surface area contributed by atoms with E-state index in [1.54, 1.807) is 0 Å². The van der Waals surface area contributed by atoms with Gasteiger partial charge in [-0.25, -0.2) is 0 Å². The van der Waals surface area contributed by atoms with E-state index in [1.807, 2.05) is 0 Å². The lowest BCUT2D eigenvalue weighted by molar-refractivity contribution is 0.798. The van der Waals surface area contributed by atoms with E-state index in [0.29, 0.717) is 0 Å². The summed E-state index contributed by atoms with van der Waals surface area (Å²) < 4.78 is 0. The van der Waals surface area contributed by atoms with Gasteiger partial charge in [-0.15, -0.1) is 11.6 Å². The molecule has 1 unspecified atom stereocenters. The third-order valence-electron chi connectivity index (χ3n) is 2.41. The van der Waals surface area contributed by atoms with Gasteiger partial charge in [0.2, 0.25) is 0 Å². The molecule has 2 rings (SSSR count). The summed E-state index contributed by atoms with van der Waals surface area (Å²) in [6.07, 6.45) is 4.33. The molecular weight excluding hydrogens is 172 g/mol. The van der Waals surface area contributed by atoms with E-state index in [4.69, 9.17) is 11.6 Å². The molecule has 3 heteroatoms. The SMILES string of the molecule is CCCc1n[nH]c2c1C(Cl)CC2. The number of nitrogens with zero attached hydrogens (tertiary/aromatic N) is 1. The van der Waals surface area contributed by atoms with Gasteiger partial charge in [0.25, 0.3) is 0 Å². The molecule has 0 fully saturated rings. The minimum absolute atomic E-state index is 0.209. The first-order valence-corrected chi connectivity index (χ1v) is 4.96. The highest BCUT2D eigenvalue weighted by Crippen LogP contribution is 2.37. The van der Waals surface area contributed by atoms with E-state index in [9.17, 15) is 0 Å². The van der Waals surface area contributed by atoms with Crippen molar-refractivity contribution in [2.24, 2.45) is 0 Å². The summed E-state index contributed by atoms with van der Waals surface area (Å²) >= 11 is 6.16. The van der Waals surface area contributed by atoms with Crippen LogP contribution in [0.5, 0.6) is 0 Å². The van der Waals surface area contributed by atoms with E-state index < -0.39 is 0 Å². The smallest absolute Gasteiger partial charge is 0.0671 e. The molecule has 0 radical (unpaired) electrons. The van der Waals surface area contributed by atoms with Crippen LogP contribution in [0.1, 0.15) is 42.1 Å². The molecule has 0 aliphatic heterocycles. The van der Waals surface area contributed by atoms with E-state index in [1.165, 1.54) is 17.0 Å². The van der Waals surface area contributed by atoms with Crippen LogP contribution in [0.15, 0.2) is 0 Å². The Morgan fingerprint density at radius 2 is 2.50 bits per heavy atom. The predicted molar refractivity (Wildman–Crippen MR) is 49.5 cm³/mol. The first kappa shape index (κ1) is 8.11. The Hall–Kier alpha value is -0.500. The van der Waals surface area contributed by atoms with Crippen molar-refractivity contribution in [3.05, 3.63) is 17.0 Å². The highest BCUT2D eigenvalue weighted by molar-refractivity contribution is 6.21. The minimum Gasteiger partial charge on any atom is -0.282 e. The Kier molecular flexibility index (Phi) is 2.09. The van der Waals surface area contributed by atoms with Crippen molar-refractivity contribution in [1.29, 1.82) is 0 Å². The van der Waals surface area contributed by atoms with Gasteiger partial charge in [-0.2, -0.15) is 5.10 Å². The van der Waals surface area contributed by atoms with Crippen molar-refractivity contribution in [2.75, 3.05) is 0 Å². The molecule has 1 heterocycles. The molecule has 1 N–H and O–H groups in total. The number of nitrogens with one attached hydrogen (secondary N) is 1. The molecule has 0 saturated heterocycles. The van der Waals surface area contributed by atoms with Gasteiger partial charge in [0.15, 0.2) is 0 Å². The predicted octanol–water partition coefficient (Wildman–Crippen LogP) is 2.59. The van der Waals surface area contributed by atoms with Crippen LogP contribution in [-0.2, 0) is 12.8 Å². The Morgan fingerprint density at radius 3 is 3.25 bits per heavy atom. The molecule has 2 nitrogen and oxygen atoms in total. The lowest BCUT2D eigenvalue weighted by atomic mass is 10.1. The molecule has 1 aromatic rings. The number of aromatic amines is 1. The molecule has 0 aromatic carbocycles. The van der Waals surface area contributed by atoms with Crippen molar-refractivity contribution >= 4 is 11.6 Å². The number of alkyl halides is 1. The van der Waals surface area contributed by atoms with Crippen molar-refractivity contribution < 1.29 is 0 Å². The fourth-order valence-corrected chi connectivity index (χ4v) is 2.20. The number of hydrogen-bond acceptors (Lipinski definition) is 1. The fraction of sp³-hybridized carbons (Fsp3) is 0.667. The van der Waals surface area contributed by atoms with E-state index in [-0.39, 0.29) is 5.38 Å². The zero-order chi connectivity index (χ0) is 8.55. The molecule has 66 valence electrons. The van der Waals surface area contributed by atoms with Gasteiger partial charge in [-0.05, 0) is 19.3 Å². The summed E-state index contributed by atoms with van der Waals surface area (Å²) in [5.74, 6) is 0. The Labute approximate surface area is 77.3 Å². The molecule has 1 aliphatic carbocycles. The quantitative estimate of drug-likeness (QED) is 0.704. The maximum Gasteiger partial charge on any atom is 0.0671 e. The van der Waals surface area contributed by atoms with Crippen LogP contribution in [0.4, 0.5) is 0 Å². The molecule has 0 amide bonds. The summed E-state index contributed by atoms with van der Waals surface area (Å²) in [5, 5.41) is 7.54. The van der Waals surface area contributed by atoms with Gasteiger partial charge in [-0.3, -0.25) is 5.10 Å². The van der Waals surface area contributed by atoms with Crippen LogP contribution in [0, 0.1) is 0 Å². The summed E-state index contributed by atoms with van der Waals surface area (Å²) in [5.41, 5.74) is 3.74. The van der Waals surface area contributed by atoms with Crippen LogP contribution >= 0.6 is 11.6 Å². The highest BCUT2D eigenvalue weighted by atomic mass is 35.5. The number of H-pyrrole nitrogens is 1. The Bertz CT molecular complexity index is 280. The molecule has 0 saturated carbocycles. The number of aryl methyl sites for hydroxylation is 2. The number of hydrogen-bond donors (Lipinski definition) is 1. The largest absolute Gasteiger partial charge is 0.282 e. The Balaban J connectivity index is 2.32. The van der Waals surface area contributed by atoms with Gasteiger partial charge in [0.05, 0.1) is 11.1 Å². The fourth-order valence-electron chi connectivity index (χ4n) is 1.83. The molecule has 1 atom stereocenters. The van der Waals surface area contributed by atoms with Crippen LogP contribution in [0.3, 0.4) is 0 Å². The molecule has 12 heavy (non-hydrogen) atoms. The second-order valence-electron chi connectivity index (χ2n) is 3.32. The first-order chi connectivity index (χ1) is 5.83. The molecule has 0 bridgehead atoms. The highest BCUT2D eigenvalue weighted by Gasteiger charge is 2.25. The van der Waals surface area contributed by atoms with Gasteiger partial charge in [0.1, 0.15) is 0 Å². The van der Waals surface area contributed by atoms with Gasteiger partial charge >= 0.3 is 0 Å². The van der Waals surface area contributed by atoms with E-state index in [2.05, 4.69) is 17.1 Å². The summed E-state index contributed by atoms with van der Waals surface area (Å²) in [6, 6.07) is 0. The lowest BCUT2D eigenvalue weighted by Crippen LogP contribution is -1.91. The normalized spacial score (nSPS) is 21.3. The lowest BCUT2D eigenvalue weighted by Gasteiger charge is -2.00. The van der Waals surface area contributed by atoms with Crippen molar-refractivity contribution in [2.45, 2.75) is 38.0 Å². The third-order valence-corrected chi connectivity index (χ3v) is 2.85. The molecular formula is C9H13ClN2. The van der Waals surface area contributed by atoms with Crippen LogP contribution in [0.2, 0.25) is 0 Å². The molecule has 1 aromatic heterocycles. The van der Waals surface area contributed by atoms with Crippen LogP contribution < -0.4 is 0 Å². The zero-order valence-corrected chi connectivity index (χ0v) is 7.99. The van der Waals surface area contributed by atoms with Crippen LogP contribution in [-0.4, -0.2) is 10.2 Å². The Morgan fingerprint density at radius 1 is 1.67 bits per heavy atom. The topological polar surface area (TPSA) is 28.7 Å². The summed E-state index contributed by atoms with van der Waals surface area (Å²) in [4.78, 5) is 0. The number of aromatic nitrogens is 2. The van der Waals surface area contributed by atoms with E-state index in [0.717, 1.165) is 25.7 Å². The van der Waals surface area contributed by atoms with Crippen molar-refractivity contribution in [1.82, 2.24) is 10.2 Å². The summed E-state index contributed by atoms with van der Waals surface area (Å²) in [6.45, 7) is 2.17. The average Bonchev–Trinajstić information content (AvgIpc) is 2.58. The minimum atomic E-state index is 0.209. The maximum atomic E-state index is 6.16. The average molecular weight is 185 g/mol. The van der Waals surface area contributed by atoms with Gasteiger partial charge < -0.3 is 0 Å². The number of rotatable bonds is 2. The molecule has 0 spiro atoms.